The van der Waals surface area contributed by atoms with Crippen LogP contribution < -0.4 is 0 Å². The van der Waals surface area contributed by atoms with Crippen molar-refractivity contribution in [1.82, 2.24) is 10.1 Å². The molecule has 1 aromatic carbocycles. The third kappa shape index (κ3) is 2.79. The van der Waals surface area contributed by atoms with Crippen LogP contribution in [0.3, 0.4) is 0 Å². The zero-order valence-electron chi connectivity index (χ0n) is 10.6. The van der Waals surface area contributed by atoms with Gasteiger partial charge in [0, 0.05) is 10.0 Å². The molecule has 0 bridgehead atoms. The Balaban J connectivity index is 2.34. The van der Waals surface area contributed by atoms with Crippen molar-refractivity contribution in [1.29, 1.82) is 0 Å². The molecule has 0 fully saturated rings. The van der Waals surface area contributed by atoms with E-state index in [2.05, 4.69) is 26.1 Å². The van der Waals surface area contributed by atoms with Crippen LogP contribution >= 0.6 is 15.9 Å². The van der Waals surface area contributed by atoms with E-state index in [0.717, 1.165) is 21.2 Å². The summed E-state index contributed by atoms with van der Waals surface area (Å²) in [6.07, 6.45) is -0.103. The average molecular weight is 311 g/mol. The maximum atomic E-state index is 9.28. The van der Waals surface area contributed by atoms with E-state index >= 15 is 0 Å². The van der Waals surface area contributed by atoms with Gasteiger partial charge in [0.05, 0.1) is 12.5 Å². The first-order valence-electron chi connectivity index (χ1n) is 5.75. The second-order valence-corrected chi connectivity index (χ2v) is 5.28. The molecule has 96 valence electrons. The average Bonchev–Trinajstić information content (AvgIpc) is 2.72. The minimum absolute atomic E-state index is 0.376. The van der Waals surface area contributed by atoms with E-state index in [4.69, 9.17) is 4.52 Å². The van der Waals surface area contributed by atoms with Crippen LogP contribution in [0.2, 0.25) is 0 Å². The number of nitrogens with zero attached hydrogens (tertiary/aromatic N) is 2. The van der Waals surface area contributed by atoms with Crippen molar-refractivity contribution >= 4 is 15.9 Å². The summed E-state index contributed by atoms with van der Waals surface area (Å²) in [5.41, 5.74) is 3.19. The van der Waals surface area contributed by atoms with E-state index in [-0.39, 0.29) is 0 Å². The Labute approximate surface area is 114 Å². The predicted molar refractivity (Wildman–Crippen MR) is 72.3 cm³/mol. The van der Waals surface area contributed by atoms with E-state index in [1.165, 1.54) is 0 Å². The summed E-state index contributed by atoms with van der Waals surface area (Å²) < 4.78 is 6.20. The third-order valence-corrected chi connectivity index (χ3v) is 3.88. The fraction of sp³-hybridized carbons (Fsp3) is 0.385. The van der Waals surface area contributed by atoms with Crippen molar-refractivity contribution in [2.24, 2.45) is 0 Å². The summed E-state index contributed by atoms with van der Waals surface area (Å²) in [5, 5.41) is 13.2. The first kappa shape index (κ1) is 13.2. The van der Waals surface area contributed by atoms with Gasteiger partial charge in [0.25, 0.3) is 0 Å². The van der Waals surface area contributed by atoms with Gasteiger partial charge in [-0.1, -0.05) is 21.1 Å². The topological polar surface area (TPSA) is 59.2 Å². The quantitative estimate of drug-likeness (QED) is 0.946. The molecule has 0 aliphatic heterocycles. The van der Waals surface area contributed by atoms with Gasteiger partial charge in [-0.2, -0.15) is 4.98 Å². The van der Waals surface area contributed by atoms with Gasteiger partial charge in [-0.15, -0.1) is 0 Å². The second-order valence-electron chi connectivity index (χ2n) is 4.49. The van der Waals surface area contributed by atoms with Crippen LogP contribution in [0.1, 0.15) is 23.9 Å². The minimum atomic E-state index is -0.480. The lowest BCUT2D eigenvalue weighted by atomic mass is 10.1. The highest BCUT2D eigenvalue weighted by Gasteiger charge is 2.12. The standard InChI is InChI=1S/C13H15BrN2O2/c1-7-4-10(5-8(2)12(7)14)13-15-11(18-16-13)6-9(3)17/h4-5,9,17H,6H2,1-3H3. The van der Waals surface area contributed by atoms with E-state index in [0.29, 0.717) is 18.1 Å². The molecular weight excluding hydrogens is 296 g/mol. The molecule has 5 heteroatoms. The summed E-state index contributed by atoms with van der Waals surface area (Å²) in [6.45, 7) is 5.74. The number of aliphatic hydroxyl groups excluding tert-OH is 1. The van der Waals surface area contributed by atoms with Crippen LogP contribution in [0.5, 0.6) is 0 Å². The van der Waals surface area contributed by atoms with Gasteiger partial charge in [0.2, 0.25) is 11.7 Å². The van der Waals surface area contributed by atoms with Crippen molar-refractivity contribution in [3.63, 3.8) is 0 Å². The normalized spacial score (nSPS) is 12.7. The largest absolute Gasteiger partial charge is 0.393 e. The number of hydrogen-bond donors (Lipinski definition) is 1. The maximum Gasteiger partial charge on any atom is 0.229 e. The smallest absolute Gasteiger partial charge is 0.229 e. The molecule has 0 aliphatic rings. The molecule has 0 spiro atoms. The Bertz CT molecular complexity index is 541. The molecule has 2 rings (SSSR count). The SMILES string of the molecule is Cc1cc(-c2noc(CC(C)O)n2)cc(C)c1Br. The molecule has 1 heterocycles. The molecule has 1 atom stereocenters. The number of aryl methyl sites for hydroxylation is 2. The maximum absolute atomic E-state index is 9.28. The Morgan fingerprint density at radius 1 is 1.33 bits per heavy atom. The summed E-state index contributed by atoms with van der Waals surface area (Å²) >= 11 is 3.53. The molecule has 4 nitrogen and oxygen atoms in total. The number of rotatable bonds is 3. The minimum Gasteiger partial charge on any atom is -0.393 e. The zero-order chi connectivity index (χ0) is 13.3. The highest BCUT2D eigenvalue weighted by Crippen LogP contribution is 2.27. The van der Waals surface area contributed by atoms with Gasteiger partial charge in [-0.05, 0) is 44.0 Å². The van der Waals surface area contributed by atoms with Gasteiger partial charge >= 0.3 is 0 Å². The Kier molecular flexibility index (Phi) is 3.82. The van der Waals surface area contributed by atoms with E-state index in [1.807, 2.05) is 26.0 Å². The Morgan fingerprint density at radius 2 is 1.94 bits per heavy atom. The van der Waals surface area contributed by atoms with Crippen molar-refractivity contribution in [3.05, 3.63) is 33.6 Å². The van der Waals surface area contributed by atoms with Crippen LogP contribution in [0.15, 0.2) is 21.1 Å². The van der Waals surface area contributed by atoms with E-state index in [9.17, 15) is 5.11 Å². The zero-order valence-corrected chi connectivity index (χ0v) is 12.2. The van der Waals surface area contributed by atoms with Crippen LogP contribution in [0.25, 0.3) is 11.4 Å². The third-order valence-electron chi connectivity index (χ3n) is 2.63. The Morgan fingerprint density at radius 3 is 2.50 bits per heavy atom. The number of hydrogen-bond acceptors (Lipinski definition) is 4. The lowest BCUT2D eigenvalue weighted by Crippen LogP contribution is -2.04. The van der Waals surface area contributed by atoms with Crippen LogP contribution in [-0.2, 0) is 6.42 Å². The van der Waals surface area contributed by atoms with Crippen molar-refractivity contribution in [2.45, 2.75) is 33.3 Å². The predicted octanol–water partition coefficient (Wildman–Crippen LogP) is 3.04. The van der Waals surface area contributed by atoms with Gasteiger partial charge in [0.1, 0.15) is 0 Å². The molecule has 0 radical (unpaired) electrons. The fourth-order valence-electron chi connectivity index (χ4n) is 1.78. The molecule has 1 aromatic heterocycles. The van der Waals surface area contributed by atoms with Crippen LogP contribution in [0.4, 0.5) is 0 Å². The highest BCUT2D eigenvalue weighted by atomic mass is 79.9. The first-order valence-corrected chi connectivity index (χ1v) is 6.54. The van der Waals surface area contributed by atoms with Gasteiger partial charge in [0.15, 0.2) is 0 Å². The molecule has 1 unspecified atom stereocenters. The first-order chi connectivity index (χ1) is 8.47. The van der Waals surface area contributed by atoms with Crippen molar-refractivity contribution in [3.8, 4) is 11.4 Å². The number of aliphatic hydroxyl groups is 1. The molecule has 0 aliphatic carbocycles. The van der Waals surface area contributed by atoms with Gasteiger partial charge < -0.3 is 9.63 Å². The van der Waals surface area contributed by atoms with Crippen LogP contribution in [-0.4, -0.2) is 21.4 Å². The van der Waals surface area contributed by atoms with Crippen molar-refractivity contribution in [2.75, 3.05) is 0 Å². The molecule has 0 saturated carbocycles. The fourth-order valence-corrected chi connectivity index (χ4v) is 2.01. The lowest BCUT2D eigenvalue weighted by Gasteiger charge is -2.04. The van der Waals surface area contributed by atoms with E-state index < -0.39 is 6.10 Å². The molecule has 1 N–H and O–H groups in total. The summed E-state index contributed by atoms with van der Waals surface area (Å²) in [5.74, 6) is 1.02. The molecule has 18 heavy (non-hydrogen) atoms. The number of aromatic nitrogens is 2. The molecule has 2 aromatic rings. The second kappa shape index (κ2) is 5.20. The summed E-state index contributed by atoms with van der Waals surface area (Å²) in [6, 6.07) is 4.02. The lowest BCUT2D eigenvalue weighted by molar-refractivity contribution is 0.181. The molecule has 0 amide bonds. The summed E-state index contributed by atoms with van der Waals surface area (Å²) in [4.78, 5) is 4.28. The number of halogens is 1. The van der Waals surface area contributed by atoms with Crippen molar-refractivity contribution < 1.29 is 9.63 Å². The molecular formula is C13H15BrN2O2. The molecule has 0 saturated heterocycles. The summed E-state index contributed by atoms with van der Waals surface area (Å²) in [7, 11) is 0. The monoisotopic (exact) mass is 310 g/mol. The number of benzene rings is 1. The Hall–Kier alpha value is -1.20. The van der Waals surface area contributed by atoms with Gasteiger partial charge in [-0.3, -0.25) is 0 Å². The highest BCUT2D eigenvalue weighted by molar-refractivity contribution is 9.10. The van der Waals surface area contributed by atoms with E-state index in [1.54, 1.807) is 6.92 Å². The van der Waals surface area contributed by atoms with Crippen LogP contribution in [0, 0.1) is 13.8 Å². The van der Waals surface area contributed by atoms with Gasteiger partial charge in [-0.25, -0.2) is 0 Å².